The van der Waals surface area contributed by atoms with Gasteiger partial charge in [0, 0.05) is 0 Å². The van der Waals surface area contributed by atoms with E-state index in [9.17, 15) is 0 Å². The summed E-state index contributed by atoms with van der Waals surface area (Å²) in [4.78, 5) is 1.10. The number of thioether (sulfide) groups is 1. The lowest BCUT2D eigenvalue weighted by Crippen LogP contribution is -1.83. The average Bonchev–Trinajstić information content (AvgIpc) is 2.06. The van der Waals surface area contributed by atoms with Gasteiger partial charge >= 0.3 is 0 Å². The molecule has 0 aliphatic heterocycles. The molecule has 0 spiro atoms. The molecule has 2 heteroatoms. The highest BCUT2D eigenvalue weighted by atomic mass is 32.2. The van der Waals surface area contributed by atoms with Gasteiger partial charge in [0.1, 0.15) is 5.75 Å². The molecule has 1 aromatic carbocycles. The molecule has 0 heterocycles. The highest BCUT2D eigenvalue weighted by Crippen LogP contribution is 2.28. The second-order valence-electron chi connectivity index (χ2n) is 1.94. The highest BCUT2D eigenvalue weighted by molar-refractivity contribution is 8.02. The third kappa shape index (κ3) is 2.02. The van der Waals surface area contributed by atoms with Gasteiger partial charge < -0.3 is 4.74 Å². The van der Waals surface area contributed by atoms with Crippen LogP contribution in [0.1, 0.15) is 0 Å². The van der Waals surface area contributed by atoms with E-state index < -0.39 is 0 Å². The molecule has 1 nitrogen and oxygen atoms in total. The van der Waals surface area contributed by atoms with Gasteiger partial charge in [0.05, 0.1) is 12.0 Å². The first-order valence-corrected chi connectivity index (χ1v) is 4.17. The van der Waals surface area contributed by atoms with Crippen molar-refractivity contribution in [1.82, 2.24) is 0 Å². The smallest absolute Gasteiger partial charge is 0.132 e. The molecule has 0 atom stereocenters. The summed E-state index contributed by atoms with van der Waals surface area (Å²) in [6.45, 7) is 3.64. The lowest BCUT2D eigenvalue weighted by Gasteiger charge is -2.03. The van der Waals surface area contributed by atoms with Crippen molar-refractivity contribution in [2.24, 2.45) is 0 Å². The molecule has 0 radical (unpaired) electrons. The molecule has 1 rings (SSSR count). The lowest BCUT2D eigenvalue weighted by atomic mass is 10.3. The maximum atomic E-state index is 5.13. The molecule has 0 aliphatic carbocycles. The van der Waals surface area contributed by atoms with E-state index in [1.54, 1.807) is 24.3 Å². The van der Waals surface area contributed by atoms with Crippen LogP contribution in [0.4, 0.5) is 0 Å². The standard InChI is InChI=1S/C9H10OS/c1-3-11-9-7-5-4-6-8(9)10-2/h3-7H,1H2,2H3. The fourth-order valence-corrected chi connectivity index (χ4v) is 1.41. The Labute approximate surface area is 71.1 Å². The summed E-state index contributed by atoms with van der Waals surface area (Å²) in [6, 6.07) is 7.87. The number of hydrogen-bond acceptors (Lipinski definition) is 2. The van der Waals surface area contributed by atoms with Gasteiger partial charge in [0.25, 0.3) is 0 Å². The molecule has 11 heavy (non-hydrogen) atoms. The zero-order valence-corrected chi connectivity index (χ0v) is 7.23. The normalized spacial score (nSPS) is 9.18. The molecule has 0 aromatic heterocycles. The van der Waals surface area contributed by atoms with Crippen molar-refractivity contribution in [2.75, 3.05) is 7.11 Å². The molecule has 0 fully saturated rings. The zero-order chi connectivity index (χ0) is 8.10. The van der Waals surface area contributed by atoms with Crippen LogP contribution in [-0.4, -0.2) is 7.11 Å². The quantitative estimate of drug-likeness (QED) is 0.638. The van der Waals surface area contributed by atoms with Crippen LogP contribution in [-0.2, 0) is 0 Å². The first-order chi connectivity index (χ1) is 5.38. The lowest BCUT2D eigenvalue weighted by molar-refractivity contribution is 0.405. The van der Waals surface area contributed by atoms with E-state index in [0.717, 1.165) is 10.6 Å². The fourth-order valence-electron chi connectivity index (χ4n) is 0.806. The number of hydrogen-bond donors (Lipinski definition) is 0. The van der Waals surface area contributed by atoms with Gasteiger partial charge in [-0.3, -0.25) is 0 Å². The van der Waals surface area contributed by atoms with Gasteiger partial charge in [-0.15, -0.1) is 0 Å². The van der Waals surface area contributed by atoms with Crippen LogP contribution in [0.2, 0.25) is 0 Å². The Kier molecular flexibility index (Phi) is 3.05. The first-order valence-electron chi connectivity index (χ1n) is 3.29. The predicted octanol–water partition coefficient (Wildman–Crippen LogP) is 2.93. The number of rotatable bonds is 3. The third-order valence-electron chi connectivity index (χ3n) is 1.28. The van der Waals surface area contributed by atoms with Crippen LogP contribution < -0.4 is 4.74 Å². The zero-order valence-electron chi connectivity index (χ0n) is 6.41. The topological polar surface area (TPSA) is 9.23 Å². The average molecular weight is 166 g/mol. The summed E-state index contributed by atoms with van der Waals surface area (Å²) in [6.07, 6.45) is 0. The molecule has 0 saturated heterocycles. The third-order valence-corrected chi connectivity index (χ3v) is 2.04. The van der Waals surface area contributed by atoms with Crippen LogP contribution >= 0.6 is 11.8 Å². The second kappa shape index (κ2) is 4.09. The van der Waals surface area contributed by atoms with Gasteiger partial charge in [-0.2, -0.15) is 0 Å². The molecule has 0 unspecified atom stereocenters. The van der Waals surface area contributed by atoms with E-state index in [2.05, 4.69) is 6.58 Å². The van der Waals surface area contributed by atoms with E-state index in [1.165, 1.54) is 0 Å². The fraction of sp³-hybridized carbons (Fsp3) is 0.111. The van der Waals surface area contributed by atoms with Crippen molar-refractivity contribution in [1.29, 1.82) is 0 Å². The Hall–Kier alpha value is -0.890. The molecular weight excluding hydrogens is 156 g/mol. The van der Waals surface area contributed by atoms with Crippen LogP contribution in [0.3, 0.4) is 0 Å². The van der Waals surface area contributed by atoms with E-state index in [0.29, 0.717) is 0 Å². The molecule has 58 valence electrons. The highest BCUT2D eigenvalue weighted by Gasteiger charge is 1.97. The summed E-state index contributed by atoms with van der Waals surface area (Å²) >= 11 is 1.57. The Morgan fingerprint density at radius 3 is 2.82 bits per heavy atom. The minimum atomic E-state index is 0.900. The number of ether oxygens (including phenoxy) is 1. The van der Waals surface area contributed by atoms with Crippen LogP contribution in [0.15, 0.2) is 41.1 Å². The minimum absolute atomic E-state index is 0.900. The van der Waals surface area contributed by atoms with Crippen molar-refractivity contribution in [2.45, 2.75) is 4.90 Å². The van der Waals surface area contributed by atoms with E-state index in [1.807, 2.05) is 24.3 Å². The molecule has 0 N–H and O–H groups in total. The largest absolute Gasteiger partial charge is 0.496 e. The monoisotopic (exact) mass is 166 g/mol. The number of benzene rings is 1. The Balaban J connectivity index is 2.92. The maximum Gasteiger partial charge on any atom is 0.132 e. The summed E-state index contributed by atoms with van der Waals surface area (Å²) in [5.41, 5.74) is 0. The Bertz CT molecular complexity index is 245. The molecular formula is C9H10OS. The molecule has 0 amide bonds. The van der Waals surface area contributed by atoms with Crippen LogP contribution in [0.25, 0.3) is 0 Å². The molecule has 0 saturated carbocycles. The summed E-state index contributed by atoms with van der Waals surface area (Å²) in [7, 11) is 1.67. The predicted molar refractivity (Wildman–Crippen MR) is 49.0 cm³/mol. The van der Waals surface area contributed by atoms with Crippen molar-refractivity contribution in [3.05, 3.63) is 36.3 Å². The summed E-state index contributed by atoms with van der Waals surface area (Å²) < 4.78 is 5.13. The van der Waals surface area contributed by atoms with Crippen molar-refractivity contribution in [3.63, 3.8) is 0 Å². The molecule has 1 aromatic rings. The Morgan fingerprint density at radius 2 is 2.18 bits per heavy atom. The van der Waals surface area contributed by atoms with Gasteiger partial charge in [0.2, 0.25) is 0 Å². The second-order valence-corrected chi connectivity index (χ2v) is 2.94. The number of methoxy groups -OCH3 is 1. The van der Waals surface area contributed by atoms with Crippen molar-refractivity contribution in [3.8, 4) is 5.75 Å². The molecule has 0 bridgehead atoms. The van der Waals surface area contributed by atoms with E-state index in [4.69, 9.17) is 4.74 Å². The van der Waals surface area contributed by atoms with Gasteiger partial charge in [-0.25, -0.2) is 0 Å². The summed E-state index contributed by atoms with van der Waals surface area (Å²) in [5, 5.41) is 1.79. The minimum Gasteiger partial charge on any atom is -0.496 e. The number of para-hydroxylation sites is 1. The van der Waals surface area contributed by atoms with Crippen LogP contribution in [0.5, 0.6) is 5.75 Å². The van der Waals surface area contributed by atoms with Crippen LogP contribution in [0, 0.1) is 0 Å². The van der Waals surface area contributed by atoms with Crippen molar-refractivity contribution < 1.29 is 4.74 Å². The van der Waals surface area contributed by atoms with E-state index in [-0.39, 0.29) is 0 Å². The first kappa shape index (κ1) is 8.21. The van der Waals surface area contributed by atoms with Gasteiger partial charge in [0.15, 0.2) is 0 Å². The Morgan fingerprint density at radius 1 is 1.45 bits per heavy atom. The molecule has 0 aliphatic rings. The van der Waals surface area contributed by atoms with E-state index >= 15 is 0 Å². The maximum absolute atomic E-state index is 5.13. The SMILES string of the molecule is C=CSc1ccccc1OC. The van der Waals surface area contributed by atoms with Gasteiger partial charge in [-0.05, 0) is 17.5 Å². The van der Waals surface area contributed by atoms with Gasteiger partial charge in [-0.1, -0.05) is 30.5 Å². The summed E-state index contributed by atoms with van der Waals surface area (Å²) in [5.74, 6) is 0.900. The van der Waals surface area contributed by atoms with Crippen molar-refractivity contribution >= 4 is 11.8 Å².